The van der Waals surface area contributed by atoms with Gasteiger partial charge in [-0.2, -0.15) is 0 Å². The smallest absolute Gasteiger partial charge is 0.182 e. The molecule has 19 heavy (non-hydrogen) atoms. The van der Waals surface area contributed by atoms with Crippen molar-refractivity contribution in [2.24, 2.45) is 0 Å². The van der Waals surface area contributed by atoms with Gasteiger partial charge in [-0.05, 0) is 25.6 Å². The van der Waals surface area contributed by atoms with Gasteiger partial charge in [0.05, 0.1) is 18.2 Å². The van der Waals surface area contributed by atoms with Crippen LogP contribution in [0.25, 0.3) is 0 Å². The maximum absolute atomic E-state index is 13.6. The first-order valence-corrected chi connectivity index (χ1v) is 6.23. The normalized spacial score (nSPS) is 12.7. The van der Waals surface area contributed by atoms with E-state index >= 15 is 0 Å². The SMILES string of the molecule is CCN(CCOC)C(C)C(=O)c1ccc(F)cc1F. The molecule has 0 aromatic heterocycles. The Kier molecular flexibility index (Phi) is 6.05. The van der Waals surface area contributed by atoms with Crippen molar-refractivity contribution < 1.29 is 18.3 Å². The quantitative estimate of drug-likeness (QED) is 0.714. The number of hydrogen-bond acceptors (Lipinski definition) is 3. The second-order valence-corrected chi connectivity index (χ2v) is 4.29. The third-order valence-electron chi connectivity index (χ3n) is 3.11. The minimum atomic E-state index is -0.820. The second kappa shape index (κ2) is 7.31. The Labute approximate surface area is 112 Å². The van der Waals surface area contributed by atoms with Crippen molar-refractivity contribution in [1.29, 1.82) is 0 Å². The van der Waals surface area contributed by atoms with E-state index in [1.54, 1.807) is 14.0 Å². The van der Waals surface area contributed by atoms with E-state index in [2.05, 4.69) is 0 Å². The number of hydrogen-bond donors (Lipinski definition) is 0. The Morgan fingerprint density at radius 2 is 2.11 bits per heavy atom. The van der Waals surface area contributed by atoms with E-state index in [0.717, 1.165) is 12.1 Å². The number of halogens is 2. The van der Waals surface area contributed by atoms with Crippen LogP contribution in [-0.4, -0.2) is 43.5 Å². The first-order chi connectivity index (χ1) is 9.01. The Bertz CT molecular complexity index is 437. The summed E-state index contributed by atoms with van der Waals surface area (Å²) in [6.07, 6.45) is 0. The number of carbonyl (C=O) groups is 1. The molecule has 0 N–H and O–H groups in total. The van der Waals surface area contributed by atoms with E-state index in [0.29, 0.717) is 19.7 Å². The highest BCUT2D eigenvalue weighted by molar-refractivity contribution is 6.00. The molecule has 1 aromatic rings. The summed E-state index contributed by atoms with van der Waals surface area (Å²) in [5.74, 6) is -1.86. The summed E-state index contributed by atoms with van der Waals surface area (Å²) in [5, 5.41) is 0. The molecule has 0 aliphatic heterocycles. The molecule has 3 nitrogen and oxygen atoms in total. The summed E-state index contributed by atoms with van der Waals surface area (Å²) >= 11 is 0. The molecule has 1 rings (SSSR count). The van der Waals surface area contributed by atoms with E-state index in [1.807, 2.05) is 11.8 Å². The molecule has 1 atom stereocenters. The van der Waals surface area contributed by atoms with Crippen molar-refractivity contribution in [3.8, 4) is 0 Å². The lowest BCUT2D eigenvalue weighted by Crippen LogP contribution is -2.41. The number of rotatable bonds is 7. The number of likely N-dealkylation sites (N-methyl/N-ethyl adjacent to an activating group) is 1. The van der Waals surface area contributed by atoms with Crippen molar-refractivity contribution in [2.75, 3.05) is 26.8 Å². The van der Waals surface area contributed by atoms with Gasteiger partial charge in [0.2, 0.25) is 0 Å². The molecule has 106 valence electrons. The monoisotopic (exact) mass is 271 g/mol. The highest BCUT2D eigenvalue weighted by Crippen LogP contribution is 2.14. The minimum Gasteiger partial charge on any atom is -0.383 e. The van der Waals surface area contributed by atoms with E-state index < -0.39 is 17.7 Å². The van der Waals surface area contributed by atoms with E-state index in [1.165, 1.54) is 6.07 Å². The van der Waals surface area contributed by atoms with Crippen LogP contribution in [0.5, 0.6) is 0 Å². The first-order valence-electron chi connectivity index (χ1n) is 6.23. The molecule has 1 unspecified atom stereocenters. The van der Waals surface area contributed by atoms with Gasteiger partial charge in [-0.1, -0.05) is 6.92 Å². The molecule has 0 amide bonds. The van der Waals surface area contributed by atoms with E-state index in [4.69, 9.17) is 4.74 Å². The second-order valence-electron chi connectivity index (χ2n) is 4.29. The van der Waals surface area contributed by atoms with E-state index in [9.17, 15) is 13.6 Å². The molecular formula is C14H19F2NO2. The number of ether oxygens (including phenoxy) is 1. The lowest BCUT2D eigenvalue weighted by Gasteiger charge is -2.26. The zero-order chi connectivity index (χ0) is 14.4. The number of carbonyl (C=O) groups excluding carboxylic acids is 1. The van der Waals surface area contributed by atoms with Gasteiger partial charge in [-0.15, -0.1) is 0 Å². The predicted octanol–water partition coefficient (Wildman–Crippen LogP) is 2.50. The van der Waals surface area contributed by atoms with Crippen molar-refractivity contribution in [2.45, 2.75) is 19.9 Å². The summed E-state index contributed by atoms with van der Waals surface area (Å²) in [7, 11) is 1.58. The van der Waals surface area contributed by atoms with Crippen LogP contribution in [0.2, 0.25) is 0 Å². The fraction of sp³-hybridized carbons (Fsp3) is 0.500. The van der Waals surface area contributed by atoms with Crippen LogP contribution >= 0.6 is 0 Å². The van der Waals surface area contributed by atoms with Crippen LogP contribution in [0.1, 0.15) is 24.2 Å². The van der Waals surface area contributed by atoms with Gasteiger partial charge in [0.1, 0.15) is 11.6 Å². The Hall–Kier alpha value is -1.33. The van der Waals surface area contributed by atoms with Crippen LogP contribution in [0, 0.1) is 11.6 Å². The van der Waals surface area contributed by atoms with Crippen LogP contribution in [0.4, 0.5) is 8.78 Å². The van der Waals surface area contributed by atoms with Gasteiger partial charge in [0.15, 0.2) is 5.78 Å². The Morgan fingerprint density at radius 1 is 1.42 bits per heavy atom. The number of nitrogens with zero attached hydrogens (tertiary/aromatic N) is 1. The zero-order valence-corrected chi connectivity index (χ0v) is 11.5. The highest BCUT2D eigenvalue weighted by atomic mass is 19.1. The van der Waals surface area contributed by atoms with Crippen molar-refractivity contribution >= 4 is 5.78 Å². The lowest BCUT2D eigenvalue weighted by molar-refractivity contribution is 0.0784. The molecule has 0 heterocycles. The summed E-state index contributed by atoms with van der Waals surface area (Å²) in [6.45, 7) is 5.36. The molecule has 0 spiro atoms. The third-order valence-corrected chi connectivity index (χ3v) is 3.11. The lowest BCUT2D eigenvalue weighted by atomic mass is 10.0. The molecule has 0 fully saturated rings. The van der Waals surface area contributed by atoms with Crippen LogP contribution in [0.3, 0.4) is 0 Å². The Balaban J connectivity index is 2.85. The fourth-order valence-corrected chi connectivity index (χ4v) is 1.91. The molecular weight excluding hydrogens is 252 g/mol. The maximum atomic E-state index is 13.6. The summed E-state index contributed by atoms with van der Waals surface area (Å²) in [4.78, 5) is 14.1. The fourth-order valence-electron chi connectivity index (χ4n) is 1.91. The van der Waals surface area contributed by atoms with Crippen LogP contribution < -0.4 is 0 Å². The van der Waals surface area contributed by atoms with Gasteiger partial charge >= 0.3 is 0 Å². The van der Waals surface area contributed by atoms with Crippen LogP contribution in [-0.2, 0) is 4.74 Å². The Morgan fingerprint density at radius 3 is 2.63 bits per heavy atom. The number of benzene rings is 1. The van der Waals surface area contributed by atoms with Gasteiger partial charge in [0, 0.05) is 19.7 Å². The molecule has 1 aromatic carbocycles. The molecule has 0 saturated carbocycles. The zero-order valence-electron chi connectivity index (χ0n) is 11.5. The van der Waals surface area contributed by atoms with Gasteiger partial charge in [-0.25, -0.2) is 8.78 Å². The first kappa shape index (κ1) is 15.7. The average Bonchev–Trinajstić information content (AvgIpc) is 2.38. The van der Waals surface area contributed by atoms with Crippen molar-refractivity contribution in [3.63, 3.8) is 0 Å². The average molecular weight is 271 g/mol. The maximum Gasteiger partial charge on any atom is 0.182 e. The van der Waals surface area contributed by atoms with Gasteiger partial charge < -0.3 is 4.74 Å². The number of methoxy groups -OCH3 is 1. The molecule has 0 saturated heterocycles. The predicted molar refractivity (Wildman–Crippen MR) is 69.3 cm³/mol. The molecule has 0 aliphatic carbocycles. The molecule has 5 heteroatoms. The molecule has 0 bridgehead atoms. The highest BCUT2D eigenvalue weighted by Gasteiger charge is 2.23. The van der Waals surface area contributed by atoms with Gasteiger partial charge in [0.25, 0.3) is 0 Å². The van der Waals surface area contributed by atoms with Crippen LogP contribution in [0.15, 0.2) is 18.2 Å². The molecule has 0 aliphatic rings. The third kappa shape index (κ3) is 4.08. The van der Waals surface area contributed by atoms with Crippen molar-refractivity contribution in [3.05, 3.63) is 35.4 Å². The summed E-state index contributed by atoms with van der Waals surface area (Å²) in [5.41, 5.74) is -0.0789. The standard InChI is InChI=1S/C14H19F2NO2/c1-4-17(7-8-19-3)10(2)14(18)12-6-5-11(15)9-13(12)16/h5-6,9-10H,4,7-8H2,1-3H3. The molecule has 0 radical (unpaired) electrons. The summed E-state index contributed by atoms with van der Waals surface area (Å²) in [6, 6.07) is 2.54. The number of ketones is 1. The summed E-state index contributed by atoms with van der Waals surface area (Å²) < 4.78 is 31.4. The van der Waals surface area contributed by atoms with Crippen molar-refractivity contribution in [1.82, 2.24) is 4.90 Å². The van der Waals surface area contributed by atoms with Gasteiger partial charge in [-0.3, -0.25) is 9.69 Å². The number of Topliss-reactive ketones (excluding diaryl/α,β-unsaturated/α-hetero) is 1. The topological polar surface area (TPSA) is 29.5 Å². The largest absolute Gasteiger partial charge is 0.383 e. The minimum absolute atomic E-state index is 0.0789. The van der Waals surface area contributed by atoms with E-state index in [-0.39, 0.29) is 11.3 Å².